The highest BCUT2D eigenvalue weighted by Crippen LogP contribution is 2.20. The number of phenols is 1. The standard InChI is InChI=1S/C15H22N2O3/c1-10(18)12-6-7-17(9-12)15(20)14(16)8-11-2-4-13(19)5-3-11/h2-5,10,12,14,18-19H,6-9,16H2,1H3/t10?,12?,14-/m0/s1. The molecule has 5 heteroatoms. The summed E-state index contributed by atoms with van der Waals surface area (Å²) in [5.41, 5.74) is 6.90. The third-order valence-electron chi connectivity index (χ3n) is 3.93. The van der Waals surface area contributed by atoms with Gasteiger partial charge in [-0.15, -0.1) is 0 Å². The second-order valence-corrected chi connectivity index (χ2v) is 5.55. The molecule has 1 aromatic carbocycles. The molecule has 0 aliphatic carbocycles. The van der Waals surface area contributed by atoms with Crippen LogP contribution in [0, 0.1) is 5.92 Å². The predicted molar refractivity (Wildman–Crippen MR) is 76.2 cm³/mol. The van der Waals surface area contributed by atoms with Crippen molar-refractivity contribution >= 4 is 5.91 Å². The molecule has 0 saturated carbocycles. The molecule has 1 aliphatic heterocycles. The van der Waals surface area contributed by atoms with Gasteiger partial charge in [-0.05, 0) is 37.5 Å². The quantitative estimate of drug-likeness (QED) is 0.748. The number of rotatable bonds is 4. The van der Waals surface area contributed by atoms with Crippen LogP contribution >= 0.6 is 0 Å². The molecule has 4 N–H and O–H groups in total. The maximum atomic E-state index is 12.3. The Morgan fingerprint density at radius 2 is 2.10 bits per heavy atom. The summed E-state index contributed by atoms with van der Waals surface area (Å²) in [5.74, 6) is 0.286. The number of likely N-dealkylation sites (tertiary alicyclic amines) is 1. The molecule has 0 bridgehead atoms. The van der Waals surface area contributed by atoms with Gasteiger partial charge in [0.2, 0.25) is 5.91 Å². The number of hydrogen-bond donors (Lipinski definition) is 3. The van der Waals surface area contributed by atoms with E-state index in [2.05, 4.69) is 0 Å². The Morgan fingerprint density at radius 3 is 2.65 bits per heavy atom. The molecule has 2 unspecified atom stereocenters. The second kappa shape index (κ2) is 6.24. The van der Waals surface area contributed by atoms with Crippen LogP contribution < -0.4 is 5.73 Å². The lowest BCUT2D eigenvalue weighted by molar-refractivity contribution is -0.131. The fraction of sp³-hybridized carbons (Fsp3) is 0.533. The molecule has 5 nitrogen and oxygen atoms in total. The Morgan fingerprint density at radius 1 is 1.45 bits per heavy atom. The monoisotopic (exact) mass is 278 g/mol. The van der Waals surface area contributed by atoms with Gasteiger partial charge >= 0.3 is 0 Å². The van der Waals surface area contributed by atoms with Gasteiger partial charge in [-0.3, -0.25) is 4.79 Å². The predicted octanol–water partition coefficient (Wildman–Crippen LogP) is 0.491. The van der Waals surface area contributed by atoms with Gasteiger partial charge in [-0.25, -0.2) is 0 Å². The summed E-state index contributed by atoms with van der Waals surface area (Å²) in [4.78, 5) is 14.0. The zero-order valence-corrected chi connectivity index (χ0v) is 11.7. The van der Waals surface area contributed by atoms with Crippen molar-refractivity contribution in [3.05, 3.63) is 29.8 Å². The number of nitrogens with zero attached hydrogens (tertiary/aromatic N) is 1. The number of aliphatic hydroxyl groups is 1. The van der Waals surface area contributed by atoms with Crippen molar-refractivity contribution in [1.82, 2.24) is 4.90 Å². The lowest BCUT2D eigenvalue weighted by atomic mass is 10.0. The molecule has 20 heavy (non-hydrogen) atoms. The van der Waals surface area contributed by atoms with Crippen molar-refractivity contribution in [2.45, 2.75) is 31.9 Å². The van der Waals surface area contributed by atoms with Gasteiger partial charge in [-0.1, -0.05) is 12.1 Å². The number of benzene rings is 1. The van der Waals surface area contributed by atoms with E-state index in [9.17, 15) is 15.0 Å². The normalized spacial score (nSPS) is 21.8. The number of nitrogens with two attached hydrogens (primary N) is 1. The zero-order chi connectivity index (χ0) is 14.7. The summed E-state index contributed by atoms with van der Waals surface area (Å²) < 4.78 is 0. The number of carbonyl (C=O) groups is 1. The van der Waals surface area contributed by atoms with Crippen LogP contribution in [0.5, 0.6) is 5.75 Å². The molecule has 1 amide bonds. The first-order valence-electron chi connectivity index (χ1n) is 6.97. The summed E-state index contributed by atoms with van der Waals surface area (Å²) in [6.45, 7) is 3.01. The minimum Gasteiger partial charge on any atom is -0.508 e. The lowest BCUT2D eigenvalue weighted by Crippen LogP contribution is -2.44. The summed E-state index contributed by atoms with van der Waals surface area (Å²) in [6, 6.07) is 6.14. The molecule has 1 heterocycles. The van der Waals surface area contributed by atoms with Gasteiger partial charge in [0.05, 0.1) is 12.1 Å². The zero-order valence-electron chi connectivity index (χ0n) is 11.7. The number of carbonyl (C=O) groups excluding carboxylic acids is 1. The Bertz CT molecular complexity index is 459. The fourth-order valence-corrected chi connectivity index (χ4v) is 2.59. The van der Waals surface area contributed by atoms with Crippen molar-refractivity contribution in [3.8, 4) is 5.75 Å². The van der Waals surface area contributed by atoms with Crippen LogP contribution in [0.25, 0.3) is 0 Å². The average molecular weight is 278 g/mol. The highest BCUT2D eigenvalue weighted by atomic mass is 16.3. The molecule has 1 aliphatic rings. The fourth-order valence-electron chi connectivity index (χ4n) is 2.59. The summed E-state index contributed by atoms with van der Waals surface area (Å²) in [6.07, 6.45) is 0.894. The van der Waals surface area contributed by atoms with Gasteiger partial charge in [0.1, 0.15) is 5.75 Å². The second-order valence-electron chi connectivity index (χ2n) is 5.55. The third kappa shape index (κ3) is 3.49. The first-order chi connectivity index (χ1) is 9.47. The topological polar surface area (TPSA) is 86.8 Å². The molecule has 1 aromatic rings. The molecule has 110 valence electrons. The van der Waals surface area contributed by atoms with E-state index in [-0.39, 0.29) is 23.7 Å². The van der Waals surface area contributed by atoms with Crippen molar-refractivity contribution < 1.29 is 15.0 Å². The molecule has 0 aromatic heterocycles. The molecular formula is C15H22N2O3. The maximum absolute atomic E-state index is 12.3. The minimum atomic E-state index is -0.577. The van der Waals surface area contributed by atoms with E-state index in [1.54, 1.807) is 36.1 Å². The van der Waals surface area contributed by atoms with Crippen LogP contribution in [-0.2, 0) is 11.2 Å². The number of hydrogen-bond acceptors (Lipinski definition) is 4. The average Bonchev–Trinajstić information content (AvgIpc) is 2.90. The maximum Gasteiger partial charge on any atom is 0.239 e. The first kappa shape index (κ1) is 14.8. The van der Waals surface area contributed by atoms with E-state index in [1.165, 1.54) is 0 Å². The number of aromatic hydroxyl groups is 1. The van der Waals surface area contributed by atoms with Crippen molar-refractivity contribution in [1.29, 1.82) is 0 Å². The number of aliphatic hydroxyl groups excluding tert-OH is 1. The van der Waals surface area contributed by atoms with Gasteiger partial charge in [0.25, 0.3) is 0 Å². The number of phenolic OH excluding ortho intramolecular Hbond substituents is 1. The van der Waals surface area contributed by atoms with Crippen LogP contribution in [0.4, 0.5) is 0 Å². The van der Waals surface area contributed by atoms with Crippen molar-refractivity contribution in [2.24, 2.45) is 11.7 Å². The van der Waals surface area contributed by atoms with E-state index in [0.29, 0.717) is 19.5 Å². The molecule has 1 fully saturated rings. The van der Waals surface area contributed by atoms with Crippen molar-refractivity contribution in [3.63, 3.8) is 0 Å². The molecule has 0 spiro atoms. The van der Waals surface area contributed by atoms with Gasteiger partial charge in [-0.2, -0.15) is 0 Å². The molecule has 3 atom stereocenters. The van der Waals surface area contributed by atoms with Crippen LogP contribution in [0.2, 0.25) is 0 Å². The van der Waals surface area contributed by atoms with Gasteiger partial charge in [0, 0.05) is 19.0 Å². The third-order valence-corrected chi connectivity index (χ3v) is 3.93. The lowest BCUT2D eigenvalue weighted by Gasteiger charge is -2.21. The Kier molecular flexibility index (Phi) is 4.62. The summed E-state index contributed by atoms with van der Waals surface area (Å²) in [7, 11) is 0. The molecule has 0 radical (unpaired) electrons. The van der Waals surface area contributed by atoms with Crippen LogP contribution in [0.3, 0.4) is 0 Å². The van der Waals surface area contributed by atoms with Gasteiger partial charge < -0.3 is 20.8 Å². The Hall–Kier alpha value is -1.59. The van der Waals surface area contributed by atoms with Crippen LogP contribution in [0.1, 0.15) is 18.9 Å². The van der Waals surface area contributed by atoms with E-state index in [0.717, 1.165) is 12.0 Å². The molecule has 2 rings (SSSR count). The first-order valence-corrected chi connectivity index (χ1v) is 6.97. The molecule has 1 saturated heterocycles. The summed E-state index contributed by atoms with van der Waals surface area (Å²) >= 11 is 0. The van der Waals surface area contributed by atoms with E-state index >= 15 is 0 Å². The Labute approximate surface area is 119 Å². The largest absolute Gasteiger partial charge is 0.508 e. The number of amides is 1. The van der Waals surface area contributed by atoms with E-state index in [4.69, 9.17) is 5.73 Å². The minimum absolute atomic E-state index is 0.0683. The van der Waals surface area contributed by atoms with Crippen LogP contribution in [-0.4, -0.2) is 46.3 Å². The summed E-state index contributed by atoms with van der Waals surface area (Å²) in [5, 5.41) is 18.8. The van der Waals surface area contributed by atoms with Gasteiger partial charge in [0.15, 0.2) is 0 Å². The SMILES string of the molecule is CC(O)C1CCN(C(=O)[C@@H](N)Cc2ccc(O)cc2)C1. The highest BCUT2D eigenvalue weighted by molar-refractivity contribution is 5.82. The Balaban J connectivity index is 1.91. The van der Waals surface area contributed by atoms with E-state index < -0.39 is 6.04 Å². The van der Waals surface area contributed by atoms with Crippen molar-refractivity contribution in [2.75, 3.05) is 13.1 Å². The molecular weight excluding hydrogens is 256 g/mol. The highest BCUT2D eigenvalue weighted by Gasteiger charge is 2.31. The van der Waals surface area contributed by atoms with Crippen LogP contribution in [0.15, 0.2) is 24.3 Å². The smallest absolute Gasteiger partial charge is 0.239 e. The van der Waals surface area contributed by atoms with E-state index in [1.807, 2.05) is 0 Å².